The van der Waals surface area contributed by atoms with E-state index in [0.717, 1.165) is 60.9 Å². The van der Waals surface area contributed by atoms with Crippen molar-refractivity contribution >= 4 is 46.7 Å². The van der Waals surface area contributed by atoms with Crippen molar-refractivity contribution in [3.8, 4) is 0 Å². The molecule has 1 spiro atoms. The Morgan fingerprint density at radius 3 is 2.53 bits per heavy atom. The summed E-state index contributed by atoms with van der Waals surface area (Å²) in [5.41, 5.74) is 7.65. The molecule has 9 heteroatoms. The lowest BCUT2D eigenvalue weighted by Crippen LogP contribution is -2.52. The van der Waals surface area contributed by atoms with Crippen LogP contribution in [0.25, 0.3) is 0 Å². The predicted molar refractivity (Wildman–Crippen MR) is 141 cm³/mol. The summed E-state index contributed by atoms with van der Waals surface area (Å²) in [6.07, 6.45) is 7.29. The number of halogens is 1. The molecule has 2 aromatic rings. The van der Waals surface area contributed by atoms with Gasteiger partial charge in [-0.1, -0.05) is 41.6 Å². The minimum Gasteiger partial charge on any atom is -0.382 e. The number of thioether (sulfide) groups is 1. The Bertz CT molecular complexity index is 1170. The molecule has 4 aliphatic rings. The number of para-hydroxylation sites is 1. The third-order valence-corrected chi connectivity index (χ3v) is 8.94. The molecule has 2 saturated heterocycles. The Morgan fingerprint density at radius 2 is 1.74 bits per heavy atom. The number of aliphatic imine (C=N–C) groups is 2. The minimum absolute atomic E-state index is 0.345. The Labute approximate surface area is 209 Å². The van der Waals surface area contributed by atoms with Crippen LogP contribution in [0.1, 0.15) is 19.3 Å². The van der Waals surface area contributed by atoms with Gasteiger partial charge in [0.1, 0.15) is 11.7 Å². The number of hydrogen-bond acceptors (Lipinski definition) is 8. The van der Waals surface area contributed by atoms with Gasteiger partial charge in [-0.25, -0.2) is 9.98 Å². The second kappa shape index (κ2) is 8.82. The molecular weight excluding hydrogens is 466 g/mol. The molecule has 7 nitrogen and oxygen atoms in total. The molecular formula is C25H28ClN7S. The maximum atomic E-state index is 6.38. The van der Waals surface area contributed by atoms with Gasteiger partial charge in [0.15, 0.2) is 0 Å². The molecule has 1 aromatic heterocycles. The van der Waals surface area contributed by atoms with E-state index in [1.54, 1.807) is 18.0 Å². The fraction of sp³-hybridized carbons (Fsp3) is 0.400. The van der Waals surface area contributed by atoms with Crippen molar-refractivity contribution in [1.29, 1.82) is 0 Å². The summed E-state index contributed by atoms with van der Waals surface area (Å²) in [7, 11) is 0. The minimum atomic E-state index is 0.345. The normalized spacial score (nSPS) is 21.4. The third kappa shape index (κ3) is 3.92. The molecule has 6 rings (SSSR count). The van der Waals surface area contributed by atoms with Gasteiger partial charge >= 0.3 is 0 Å². The summed E-state index contributed by atoms with van der Waals surface area (Å²) in [5.74, 6) is 2.36. The number of piperidine rings is 1. The molecule has 0 saturated carbocycles. The first-order chi connectivity index (χ1) is 16.6. The van der Waals surface area contributed by atoms with E-state index >= 15 is 0 Å². The van der Waals surface area contributed by atoms with Gasteiger partial charge in [0.25, 0.3) is 0 Å². The molecule has 0 atom stereocenters. The topological polar surface area (TPSA) is 73.3 Å². The lowest BCUT2D eigenvalue weighted by molar-refractivity contribution is 0.163. The third-order valence-electron chi connectivity index (χ3n) is 7.37. The number of benzene rings is 1. The Morgan fingerprint density at radius 1 is 0.971 bits per heavy atom. The molecule has 0 amide bonds. The van der Waals surface area contributed by atoms with E-state index in [9.17, 15) is 0 Å². The molecule has 4 aliphatic heterocycles. The van der Waals surface area contributed by atoms with Gasteiger partial charge < -0.3 is 15.5 Å². The first-order valence-corrected chi connectivity index (χ1v) is 13.0. The zero-order valence-electron chi connectivity index (χ0n) is 19.0. The zero-order chi connectivity index (χ0) is 23.1. The van der Waals surface area contributed by atoms with E-state index in [0.29, 0.717) is 16.3 Å². The van der Waals surface area contributed by atoms with E-state index in [1.807, 2.05) is 12.3 Å². The zero-order valence-corrected chi connectivity index (χ0v) is 20.6. The van der Waals surface area contributed by atoms with Crippen molar-refractivity contribution in [3.05, 3.63) is 58.7 Å². The maximum absolute atomic E-state index is 6.38. The van der Waals surface area contributed by atoms with Crippen LogP contribution in [0.3, 0.4) is 0 Å². The molecule has 5 heterocycles. The van der Waals surface area contributed by atoms with Gasteiger partial charge in [-0.05, 0) is 42.9 Å². The van der Waals surface area contributed by atoms with Gasteiger partial charge in [-0.2, -0.15) is 0 Å². The second-order valence-corrected chi connectivity index (χ2v) is 10.8. The number of nitrogen functional groups attached to an aromatic ring is 1. The molecule has 176 valence electrons. The summed E-state index contributed by atoms with van der Waals surface area (Å²) < 4.78 is 0. The number of anilines is 2. The fourth-order valence-electron chi connectivity index (χ4n) is 5.44. The highest BCUT2D eigenvalue weighted by Gasteiger charge is 2.42. The molecule has 0 aliphatic carbocycles. The number of likely N-dealkylation sites (tertiary alicyclic amines) is 1. The van der Waals surface area contributed by atoms with Crippen molar-refractivity contribution in [2.75, 3.05) is 49.9 Å². The molecule has 34 heavy (non-hydrogen) atoms. The number of rotatable bonds is 3. The van der Waals surface area contributed by atoms with Crippen molar-refractivity contribution in [1.82, 2.24) is 14.8 Å². The van der Waals surface area contributed by atoms with Crippen molar-refractivity contribution in [3.63, 3.8) is 0 Å². The standard InChI is InChI=1S/C25H28ClN7S/c26-21-19(6-10-28-22(21)27)34-20-16-30-24(33-15-11-29-23(20)33)31-12-7-25(8-13-31)9-14-32(17-25)18-4-2-1-3-5-18/h1-6,10,16H,7-9,11-15,17H2,(H2,27,28). The first kappa shape index (κ1) is 21.8. The monoisotopic (exact) mass is 493 g/mol. The number of pyridine rings is 1. The van der Waals surface area contributed by atoms with Crippen molar-refractivity contribution < 1.29 is 0 Å². The average Bonchev–Trinajstić information content (AvgIpc) is 3.52. The highest BCUT2D eigenvalue weighted by molar-refractivity contribution is 8.04. The van der Waals surface area contributed by atoms with Gasteiger partial charge in [0, 0.05) is 55.7 Å². The molecule has 1 aromatic carbocycles. The van der Waals surface area contributed by atoms with Gasteiger partial charge in [0.05, 0.1) is 16.5 Å². The summed E-state index contributed by atoms with van der Waals surface area (Å²) in [5, 5.41) is 0.482. The van der Waals surface area contributed by atoms with Crippen LogP contribution >= 0.6 is 23.4 Å². The van der Waals surface area contributed by atoms with E-state index in [1.165, 1.54) is 24.9 Å². The van der Waals surface area contributed by atoms with Gasteiger partial charge in [-0.3, -0.25) is 9.89 Å². The van der Waals surface area contributed by atoms with E-state index < -0.39 is 0 Å². The van der Waals surface area contributed by atoms with Crippen LogP contribution in [-0.2, 0) is 0 Å². The van der Waals surface area contributed by atoms with Crippen LogP contribution in [0.4, 0.5) is 11.5 Å². The highest BCUT2D eigenvalue weighted by Crippen LogP contribution is 2.43. The molecule has 0 radical (unpaired) electrons. The van der Waals surface area contributed by atoms with Gasteiger partial charge in [0.2, 0.25) is 5.96 Å². The Hall–Kier alpha value is -2.71. The number of amidine groups is 1. The van der Waals surface area contributed by atoms with Crippen molar-refractivity contribution in [2.24, 2.45) is 15.4 Å². The van der Waals surface area contributed by atoms with Crippen LogP contribution < -0.4 is 10.6 Å². The van der Waals surface area contributed by atoms with Crippen LogP contribution in [0.5, 0.6) is 0 Å². The number of nitrogens with two attached hydrogens (primary N) is 1. The van der Waals surface area contributed by atoms with Gasteiger partial charge in [-0.15, -0.1) is 0 Å². The van der Waals surface area contributed by atoms with Crippen LogP contribution in [0.15, 0.2) is 68.6 Å². The largest absolute Gasteiger partial charge is 0.382 e. The number of guanidine groups is 1. The number of fused-ring (bicyclic) bond motifs is 1. The predicted octanol–water partition coefficient (Wildman–Crippen LogP) is 4.33. The Kier molecular flexibility index (Phi) is 5.65. The summed E-state index contributed by atoms with van der Waals surface area (Å²) in [4.78, 5) is 22.9. The smallest absolute Gasteiger partial charge is 0.207 e. The quantitative estimate of drug-likeness (QED) is 0.686. The van der Waals surface area contributed by atoms with Crippen LogP contribution in [-0.4, -0.2) is 65.8 Å². The van der Waals surface area contributed by atoms with E-state index in [2.05, 4.69) is 50.0 Å². The second-order valence-electron chi connectivity index (χ2n) is 9.38. The maximum Gasteiger partial charge on any atom is 0.207 e. The lowest BCUT2D eigenvalue weighted by atomic mass is 9.78. The lowest BCUT2D eigenvalue weighted by Gasteiger charge is -2.43. The van der Waals surface area contributed by atoms with E-state index in [4.69, 9.17) is 27.3 Å². The molecule has 2 N–H and O–H groups in total. The molecule has 0 unspecified atom stereocenters. The summed E-state index contributed by atoms with van der Waals surface area (Å²) in [6, 6.07) is 12.7. The SMILES string of the molecule is Nc1nccc(SC2=CN=C(N3CCC4(CC3)CCN(c3ccccc3)C4)N3CCN=C23)c1Cl. The molecule has 0 bridgehead atoms. The van der Waals surface area contributed by atoms with Crippen LogP contribution in [0, 0.1) is 5.41 Å². The summed E-state index contributed by atoms with van der Waals surface area (Å²) >= 11 is 7.93. The number of aromatic nitrogens is 1. The number of nitrogens with zero attached hydrogens (tertiary/aromatic N) is 6. The summed E-state index contributed by atoms with van der Waals surface area (Å²) in [6.45, 7) is 6.02. The van der Waals surface area contributed by atoms with Crippen molar-refractivity contribution in [2.45, 2.75) is 24.2 Å². The first-order valence-electron chi connectivity index (χ1n) is 11.9. The molecule has 2 fully saturated rings. The Balaban J connectivity index is 1.16. The van der Waals surface area contributed by atoms with Crippen LogP contribution in [0.2, 0.25) is 5.02 Å². The highest BCUT2D eigenvalue weighted by atomic mass is 35.5. The van der Waals surface area contributed by atoms with E-state index in [-0.39, 0.29) is 0 Å². The fourth-order valence-corrected chi connectivity index (χ4v) is 6.60. The number of hydrogen-bond donors (Lipinski definition) is 1. The average molecular weight is 494 g/mol.